The van der Waals surface area contributed by atoms with Crippen LogP contribution in [0.4, 0.5) is 5.69 Å². The second kappa shape index (κ2) is 12.0. The highest BCUT2D eigenvalue weighted by Crippen LogP contribution is 2.17. The molecule has 13 nitrogen and oxygen atoms in total. The number of carbonyl (C=O) groups is 4. The van der Waals surface area contributed by atoms with Crippen molar-refractivity contribution in [3.63, 3.8) is 0 Å². The Labute approximate surface area is 170 Å². The van der Waals surface area contributed by atoms with Gasteiger partial charge in [-0.3, -0.25) is 29.0 Å². The minimum Gasteiger partial charge on any atom is -0.480 e. The van der Waals surface area contributed by atoms with Crippen molar-refractivity contribution in [2.24, 2.45) is 5.11 Å². The highest BCUT2D eigenvalue weighted by Gasteiger charge is 2.27. The summed E-state index contributed by atoms with van der Waals surface area (Å²) in [5, 5.41) is 39.8. The molecule has 30 heavy (non-hydrogen) atoms. The van der Waals surface area contributed by atoms with E-state index in [2.05, 4.69) is 10.0 Å². The molecular formula is C17H21N5O8. The van der Waals surface area contributed by atoms with Crippen LogP contribution in [0.15, 0.2) is 29.4 Å². The van der Waals surface area contributed by atoms with E-state index in [4.69, 9.17) is 26.0 Å². The van der Waals surface area contributed by atoms with Crippen LogP contribution in [0.25, 0.3) is 10.4 Å². The van der Waals surface area contributed by atoms with E-state index in [0.29, 0.717) is 11.3 Å². The Morgan fingerprint density at radius 1 is 0.867 bits per heavy atom. The van der Waals surface area contributed by atoms with Crippen molar-refractivity contribution in [3.8, 4) is 0 Å². The smallest absolute Gasteiger partial charge is 0.317 e. The molecule has 0 saturated heterocycles. The van der Waals surface area contributed by atoms with Crippen LogP contribution < -0.4 is 0 Å². The van der Waals surface area contributed by atoms with Crippen LogP contribution in [-0.2, 0) is 25.6 Å². The monoisotopic (exact) mass is 423 g/mol. The largest absolute Gasteiger partial charge is 0.480 e. The first-order chi connectivity index (χ1) is 14.1. The SMILES string of the molecule is [N-]=[N+]=Nc1ccc(CC(CN(CC(=O)O)CC(=O)O)N(CC(=O)O)CC(=O)O)cc1. The van der Waals surface area contributed by atoms with Crippen LogP contribution in [0.2, 0.25) is 0 Å². The second-order valence-electron chi connectivity index (χ2n) is 6.36. The van der Waals surface area contributed by atoms with Crippen molar-refractivity contribution in [2.75, 3.05) is 32.7 Å². The maximum Gasteiger partial charge on any atom is 0.317 e. The van der Waals surface area contributed by atoms with Crippen molar-refractivity contribution in [1.29, 1.82) is 0 Å². The predicted octanol–water partition coefficient (Wildman–Crippen LogP) is 0.482. The van der Waals surface area contributed by atoms with E-state index >= 15 is 0 Å². The van der Waals surface area contributed by atoms with Gasteiger partial charge in [0.2, 0.25) is 0 Å². The van der Waals surface area contributed by atoms with Crippen LogP contribution in [0.1, 0.15) is 5.56 Å². The van der Waals surface area contributed by atoms with Gasteiger partial charge in [0, 0.05) is 23.2 Å². The summed E-state index contributed by atoms with van der Waals surface area (Å²) in [5.41, 5.74) is 9.42. The Bertz CT molecular complexity index is 790. The Kier molecular flexibility index (Phi) is 9.76. The zero-order valence-electron chi connectivity index (χ0n) is 15.8. The molecule has 0 aliphatic heterocycles. The second-order valence-corrected chi connectivity index (χ2v) is 6.36. The summed E-state index contributed by atoms with van der Waals surface area (Å²) < 4.78 is 0. The average molecular weight is 423 g/mol. The van der Waals surface area contributed by atoms with Gasteiger partial charge >= 0.3 is 23.9 Å². The van der Waals surface area contributed by atoms with Gasteiger partial charge in [0.05, 0.1) is 26.2 Å². The lowest BCUT2D eigenvalue weighted by atomic mass is 10.0. The highest BCUT2D eigenvalue weighted by atomic mass is 16.4. The number of nitrogens with zero attached hydrogens (tertiary/aromatic N) is 5. The number of rotatable bonds is 14. The fraction of sp³-hybridized carbons (Fsp3) is 0.412. The molecule has 1 atom stereocenters. The first-order valence-electron chi connectivity index (χ1n) is 8.58. The summed E-state index contributed by atoms with van der Waals surface area (Å²) in [4.78, 5) is 49.5. The zero-order valence-corrected chi connectivity index (χ0v) is 15.8. The average Bonchev–Trinajstić information content (AvgIpc) is 2.60. The van der Waals surface area contributed by atoms with Gasteiger partial charge in [-0.1, -0.05) is 29.4 Å². The highest BCUT2D eigenvalue weighted by molar-refractivity contribution is 5.73. The molecule has 0 aliphatic carbocycles. The Hall–Kier alpha value is -3.67. The van der Waals surface area contributed by atoms with Gasteiger partial charge in [-0.25, -0.2) is 0 Å². The van der Waals surface area contributed by atoms with Crippen LogP contribution in [0.3, 0.4) is 0 Å². The molecule has 1 aromatic rings. The lowest BCUT2D eigenvalue weighted by Gasteiger charge is -2.33. The number of carboxylic acids is 4. The molecule has 0 saturated carbocycles. The van der Waals surface area contributed by atoms with E-state index in [1.807, 2.05) is 0 Å². The summed E-state index contributed by atoms with van der Waals surface area (Å²) in [6, 6.07) is 5.39. The number of benzene rings is 1. The molecule has 13 heteroatoms. The van der Waals surface area contributed by atoms with Crippen LogP contribution in [0.5, 0.6) is 0 Å². The molecule has 0 bridgehead atoms. The molecule has 1 unspecified atom stereocenters. The number of azide groups is 1. The molecule has 0 aliphatic rings. The maximum absolute atomic E-state index is 11.2. The molecule has 1 aromatic carbocycles. The molecule has 0 spiro atoms. The third kappa shape index (κ3) is 9.50. The normalized spacial score (nSPS) is 11.7. The van der Waals surface area contributed by atoms with Gasteiger partial charge in [-0.2, -0.15) is 0 Å². The first-order valence-corrected chi connectivity index (χ1v) is 8.58. The van der Waals surface area contributed by atoms with E-state index in [9.17, 15) is 19.2 Å². The molecule has 1 rings (SSSR count). The van der Waals surface area contributed by atoms with Gasteiger partial charge in [0.25, 0.3) is 0 Å². The van der Waals surface area contributed by atoms with Crippen molar-refractivity contribution >= 4 is 29.6 Å². The van der Waals surface area contributed by atoms with Crippen molar-refractivity contribution in [3.05, 3.63) is 40.3 Å². The van der Waals surface area contributed by atoms with Gasteiger partial charge in [0.1, 0.15) is 0 Å². The standard InChI is InChI=1S/C17H21N5O8/c18-20-19-12-3-1-11(2-4-12)5-13(22(9-16(27)28)10-17(29)30)6-21(7-14(23)24)8-15(25)26/h1-4,13H,5-10H2,(H,23,24)(H,25,26)(H,27,28)(H,29,30). The fourth-order valence-electron chi connectivity index (χ4n) is 2.86. The van der Waals surface area contributed by atoms with E-state index in [1.165, 1.54) is 12.1 Å². The maximum atomic E-state index is 11.2. The molecule has 0 aromatic heterocycles. The molecule has 0 radical (unpaired) electrons. The number of hydrogen-bond donors (Lipinski definition) is 4. The van der Waals surface area contributed by atoms with Gasteiger partial charge in [-0.05, 0) is 17.5 Å². The Morgan fingerprint density at radius 3 is 1.73 bits per heavy atom. The number of carboxylic acid groups (broad SMARTS) is 4. The third-order valence-corrected chi connectivity index (χ3v) is 3.95. The number of hydrogen-bond acceptors (Lipinski definition) is 7. The van der Waals surface area contributed by atoms with E-state index in [0.717, 1.165) is 9.80 Å². The number of aliphatic carboxylic acids is 4. The van der Waals surface area contributed by atoms with Crippen molar-refractivity contribution < 1.29 is 39.6 Å². The summed E-state index contributed by atoms with van der Waals surface area (Å²) >= 11 is 0. The van der Waals surface area contributed by atoms with Crippen molar-refractivity contribution in [1.82, 2.24) is 9.80 Å². The molecule has 0 fully saturated rings. The van der Waals surface area contributed by atoms with Gasteiger partial charge < -0.3 is 20.4 Å². The summed E-state index contributed by atoms with van der Waals surface area (Å²) in [6.07, 6.45) is 0.104. The first kappa shape index (κ1) is 24.4. The predicted molar refractivity (Wildman–Crippen MR) is 101 cm³/mol. The molecule has 0 amide bonds. The third-order valence-electron chi connectivity index (χ3n) is 3.95. The minimum atomic E-state index is -1.29. The van der Waals surface area contributed by atoms with E-state index in [-0.39, 0.29) is 13.0 Å². The zero-order chi connectivity index (χ0) is 22.7. The molecular weight excluding hydrogens is 402 g/mol. The minimum absolute atomic E-state index is 0.104. The Balaban J connectivity index is 3.20. The Morgan fingerprint density at radius 2 is 1.33 bits per heavy atom. The molecule has 162 valence electrons. The summed E-state index contributed by atoms with van der Waals surface area (Å²) in [7, 11) is 0. The quantitative estimate of drug-likeness (QED) is 0.185. The molecule has 0 heterocycles. The lowest BCUT2D eigenvalue weighted by Crippen LogP contribution is -2.50. The lowest BCUT2D eigenvalue weighted by molar-refractivity contribution is -0.146. The van der Waals surface area contributed by atoms with E-state index in [1.54, 1.807) is 12.1 Å². The summed E-state index contributed by atoms with van der Waals surface area (Å²) in [5.74, 6) is -5.14. The fourth-order valence-corrected chi connectivity index (χ4v) is 2.86. The topological polar surface area (TPSA) is 204 Å². The van der Waals surface area contributed by atoms with Gasteiger partial charge in [-0.15, -0.1) is 0 Å². The summed E-state index contributed by atoms with van der Waals surface area (Å²) in [6.45, 7) is -2.71. The van der Waals surface area contributed by atoms with Crippen molar-refractivity contribution in [2.45, 2.75) is 12.5 Å². The molecule has 4 N–H and O–H groups in total. The van der Waals surface area contributed by atoms with Crippen LogP contribution in [-0.4, -0.2) is 92.9 Å². The van der Waals surface area contributed by atoms with Crippen LogP contribution >= 0.6 is 0 Å². The van der Waals surface area contributed by atoms with E-state index < -0.39 is 56.1 Å². The van der Waals surface area contributed by atoms with Gasteiger partial charge in [0.15, 0.2) is 0 Å². The van der Waals surface area contributed by atoms with Crippen LogP contribution in [0, 0.1) is 0 Å².